The van der Waals surface area contributed by atoms with Gasteiger partial charge >= 0.3 is 0 Å². The van der Waals surface area contributed by atoms with Gasteiger partial charge in [0.15, 0.2) is 0 Å². The fourth-order valence-electron chi connectivity index (χ4n) is 1.58. The average Bonchev–Trinajstić information content (AvgIpc) is 2.49. The van der Waals surface area contributed by atoms with Crippen LogP contribution in [-0.2, 0) is 11.3 Å². The molecule has 0 spiro atoms. The molecule has 0 amide bonds. The maximum atomic E-state index is 8.64. The van der Waals surface area contributed by atoms with Crippen LogP contribution in [0, 0.1) is 11.3 Å². The highest BCUT2D eigenvalue weighted by Gasteiger charge is 2.10. The van der Waals surface area contributed by atoms with Crippen molar-refractivity contribution in [2.24, 2.45) is 5.16 Å². The summed E-state index contributed by atoms with van der Waals surface area (Å²) in [5.74, 6) is 1.08. The van der Waals surface area contributed by atoms with E-state index in [4.69, 9.17) is 15.7 Å². The van der Waals surface area contributed by atoms with E-state index in [1.807, 2.05) is 12.1 Å². The van der Waals surface area contributed by atoms with Crippen LogP contribution in [0.25, 0.3) is 0 Å². The van der Waals surface area contributed by atoms with Crippen molar-refractivity contribution in [1.82, 2.24) is 9.97 Å². The van der Waals surface area contributed by atoms with Crippen LogP contribution in [0.1, 0.15) is 11.1 Å². The Morgan fingerprint density at radius 3 is 2.76 bits per heavy atom. The Kier molecular flexibility index (Phi) is 4.66. The summed E-state index contributed by atoms with van der Waals surface area (Å²) in [7, 11) is 1.42. The van der Waals surface area contributed by atoms with Crippen molar-refractivity contribution in [2.75, 3.05) is 12.8 Å². The van der Waals surface area contributed by atoms with Crippen molar-refractivity contribution in [3.8, 4) is 17.7 Å². The molecule has 2 rings (SSSR count). The van der Waals surface area contributed by atoms with Crippen LogP contribution in [0.2, 0.25) is 0 Å². The first kappa shape index (κ1) is 14.3. The molecule has 0 aliphatic rings. The quantitative estimate of drug-likeness (QED) is 0.663. The van der Waals surface area contributed by atoms with Crippen molar-refractivity contribution >= 4 is 12.0 Å². The van der Waals surface area contributed by atoms with E-state index in [1.54, 1.807) is 12.1 Å². The molecule has 0 unspecified atom stereocenters. The number of anilines is 1. The fourth-order valence-corrected chi connectivity index (χ4v) is 1.58. The first-order valence-corrected chi connectivity index (χ1v) is 6.05. The maximum absolute atomic E-state index is 8.64. The van der Waals surface area contributed by atoms with Gasteiger partial charge in [-0.05, 0) is 17.7 Å². The number of nitrogens with two attached hydrogens (primary N) is 1. The molecule has 1 aromatic carbocycles. The van der Waals surface area contributed by atoms with Gasteiger partial charge in [-0.3, -0.25) is 0 Å². The summed E-state index contributed by atoms with van der Waals surface area (Å²) in [5.41, 5.74) is 7.11. The summed E-state index contributed by atoms with van der Waals surface area (Å²) in [6.07, 6.45) is 3.04. The van der Waals surface area contributed by atoms with Gasteiger partial charge in [-0.25, -0.2) is 9.97 Å². The largest absolute Gasteiger partial charge is 0.438 e. The van der Waals surface area contributed by atoms with Gasteiger partial charge in [-0.15, -0.1) is 0 Å². The Labute approximate surface area is 121 Å². The zero-order valence-electron chi connectivity index (χ0n) is 11.4. The summed E-state index contributed by atoms with van der Waals surface area (Å²) in [4.78, 5) is 12.5. The van der Waals surface area contributed by atoms with Crippen molar-refractivity contribution < 1.29 is 9.57 Å². The molecule has 106 valence electrons. The molecule has 7 heteroatoms. The molecule has 0 aliphatic heterocycles. The van der Waals surface area contributed by atoms with E-state index in [0.29, 0.717) is 17.7 Å². The molecule has 0 bridgehead atoms. The van der Waals surface area contributed by atoms with Crippen LogP contribution in [0.3, 0.4) is 0 Å². The molecule has 0 saturated carbocycles. The molecule has 1 heterocycles. The SMILES string of the molecule is CON=Cc1c(N)ncnc1Oc1ccc(CC#N)cc1. The van der Waals surface area contributed by atoms with Gasteiger partial charge < -0.3 is 15.3 Å². The molecular weight excluding hydrogens is 270 g/mol. The Bertz CT molecular complexity index is 677. The van der Waals surface area contributed by atoms with Gasteiger partial charge in [-0.2, -0.15) is 5.26 Å². The second-order valence-corrected chi connectivity index (χ2v) is 3.98. The van der Waals surface area contributed by atoms with Crippen molar-refractivity contribution in [1.29, 1.82) is 5.26 Å². The number of rotatable bonds is 5. The first-order valence-electron chi connectivity index (χ1n) is 6.05. The Hall–Kier alpha value is -3.14. The molecule has 0 saturated heterocycles. The molecule has 2 aromatic rings. The smallest absolute Gasteiger partial charge is 0.233 e. The number of oxime groups is 1. The van der Waals surface area contributed by atoms with Crippen LogP contribution >= 0.6 is 0 Å². The highest BCUT2D eigenvalue weighted by atomic mass is 16.6. The Morgan fingerprint density at radius 1 is 1.33 bits per heavy atom. The van der Waals surface area contributed by atoms with Gasteiger partial charge in [0.25, 0.3) is 0 Å². The topological polar surface area (TPSA) is 106 Å². The summed E-state index contributed by atoms with van der Waals surface area (Å²) < 4.78 is 5.66. The summed E-state index contributed by atoms with van der Waals surface area (Å²) >= 11 is 0. The van der Waals surface area contributed by atoms with E-state index in [9.17, 15) is 0 Å². The van der Waals surface area contributed by atoms with Crippen LogP contribution in [0.4, 0.5) is 5.82 Å². The molecular formula is C14H13N5O2. The normalized spacial score (nSPS) is 10.3. The highest BCUT2D eigenvalue weighted by molar-refractivity contribution is 5.88. The molecule has 2 N–H and O–H groups in total. The Balaban J connectivity index is 2.25. The number of ether oxygens (including phenoxy) is 1. The summed E-state index contributed by atoms with van der Waals surface area (Å²) in [6.45, 7) is 0. The van der Waals surface area contributed by atoms with Crippen molar-refractivity contribution in [3.63, 3.8) is 0 Å². The first-order chi connectivity index (χ1) is 10.2. The number of nitriles is 1. The molecule has 7 nitrogen and oxygen atoms in total. The molecule has 0 radical (unpaired) electrons. The average molecular weight is 283 g/mol. The molecule has 0 fully saturated rings. The van der Waals surface area contributed by atoms with Crippen LogP contribution in [0.15, 0.2) is 35.7 Å². The van der Waals surface area contributed by atoms with Crippen LogP contribution < -0.4 is 10.5 Å². The summed E-state index contributed by atoms with van der Waals surface area (Å²) in [5, 5.41) is 12.3. The van der Waals surface area contributed by atoms with Gasteiger partial charge in [0.1, 0.15) is 30.6 Å². The zero-order chi connectivity index (χ0) is 15.1. The minimum atomic E-state index is 0.238. The molecule has 0 aliphatic carbocycles. The number of nitrogens with zero attached hydrogens (tertiary/aromatic N) is 4. The van der Waals surface area contributed by atoms with Gasteiger partial charge in [-0.1, -0.05) is 17.3 Å². The molecule has 1 aromatic heterocycles. The monoisotopic (exact) mass is 283 g/mol. The number of hydrogen-bond acceptors (Lipinski definition) is 7. The minimum absolute atomic E-state index is 0.238. The third-order valence-corrected chi connectivity index (χ3v) is 2.59. The van der Waals surface area contributed by atoms with Gasteiger partial charge in [0, 0.05) is 0 Å². The lowest BCUT2D eigenvalue weighted by atomic mass is 10.2. The predicted octanol–water partition coefficient (Wildman–Crippen LogP) is 1.90. The van der Waals surface area contributed by atoms with E-state index < -0.39 is 0 Å². The second kappa shape index (κ2) is 6.86. The number of benzene rings is 1. The van der Waals surface area contributed by atoms with Crippen molar-refractivity contribution in [2.45, 2.75) is 6.42 Å². The number of aromatic nitrogens is 2. The van der Waals surface area contributed by atoms with E-state index in [1.165, 1.54) is 19.7 Å². The van der Waals surface area contributed by atoms with E-state index in [2.05, 4.69) is 26.0 Å². The van der Waals surface area contributed by atoms with E-state index in [-0.39, 0.29) is 11.7 Å². The molecule has 21 heavy (non-hydrogen) atoms. The second-order valence-electron chi connectivity index (χ2n) is 3.98. The molecule has 0 atom stereocenters. The van der Waals surface area contributed by atoms with E-state index in [0.717, 1.165) is 5.56 Å². The maximum Gasteiger partial charge on any atom is 0.233 e. The summed E-state index contributed by atoms with van der Waals surface area (Å²) in [6, 6.07) is 9.21. The lowest BCUT2D eigenvalue weighted by Crippen LogP contribution is -2.02. The third kappa shape index (κ3) is 3.67. The number of hydrogen-bond donors (Lipinski definition) is 1. The van der Waals surface area contributed by atoms with Gasteiger partial charge in [0.2, 0.25) is 5.88 Å². The lowest BCUT2D eigenvalue weighted by molar-refractivity contribution is 0.215. The third-order valence-electron chi connectivity index (χ3n) is 2.59. The fraction of sp³-hybridized carbons (Fsp3) is 0.143. The Morgan fingerprint density at radius 2 is 2.10 bits per heavy atom. The van der Waals surface area contributed by atoms with Crippen LogP contribution in [0.5, 0.6) is 11.6 Å². The highest BCUT2D eigenvalue weighted by Crippen LogP contribution is 2.24. The lowest BCUT2D eigenvalue weighted by Gasteiger charge is -2.08. The van der Waals surface area contributed by atoms with Gasteiger partial charge in [0.05, 0.1) is 18.7 Å². The van der Waals surface area contributed by atoms with Crippen LogP contribution in [-0.4, -0.2) is 23.3 Å². The standard InChI is InChI=1S/C14H13N5O2/c1-20-19-8-12-13(16)17-9-18-14(12)21-11-4-2-10(3-5-11)6-7-15/h2-5,8-9H,6H2,1H3,(H2,16,17,18). The zero-order valence-corrected chi connectivity index (χ0v) is 11.4. The number of nitrogen functional groups attached to an aromatic ring is 1. The predicted molar refractivity (Wildman–Crippen MR) is 76.9 cm³/mol. The van der Waals surface area contributed by atoms with E-state index >= 15 is 0 Å². The minimum Gasteiger partial charge on any atom is -0.438 e. The van der Waals surface area contributed by atoms with Crippen molar-refractivity contribution in [3.05, 3.63) is 41.7 Å².